The van der Waals surface area contributed by atoms with Crippen molar-refractivity contribution in [2.75, 3.05) is 26.4 Å². The van der Waals surface area contributed by atoms with Crippen LogP contribution in [-0.2, 0) is 27.2 Å². The molecule has 0 spiro atoms. The molecule has 0 aliphatic carbocycles. The quantitative estimate of drug-likeness (QED) is 0.607. The fraction of sp³-hybridized carbons (Fsp3) is 1.00. The maximum absolute atomic E-state index is 12.7. The Morgan fingerprint density at radius 1 is 0.762 bits per heavy atom. The summed E-state index contributed by atoms with van der Waals surface area (Å²) in [6, 6.07) is 0. The summed E-state index contributed by atoms with van der Waals surface area (Å²) in [6.45, 7) is 8.27. The van der Waals surface area contributed by atoms with Gasteiger partial charge in [-0.25, -0.2) is 0 Å². The third kappa shape index (κ3) is 4.87. The number of rotatable bonds is 10. The van der Waals surface area contributed by atoms with E-state index in [0.717, 1.165) is 0 Å². The van der Waals surface area contributed by atoms with Gasteiger partial charge in [-0.2, -0.15) is 0 Å². The Morgan fingerprint density at radius 3 is 1.29 bits per heavy atom. The van der Waals surface area contributed by atoms with E-state index < -0.39 is 26.8 Å². The van der Waals surface area contributed by atoms with Crippen molar-refractivity contribution < 1.29 is 27.2 Å². The van der Waals surface area contributed by atoms with Crippen molar-refractivity contribution in [2.45, 2.75) is 52.1 Å². The van der Waals surface area contributed by atoms with Gasteiger partial charge >= 0.3 is 15.2 Å². The van der Waals surface area contributed by atoms with E-state index in [9.17, 15) is 9.13 Å². The Hall–Kier alpha value is 0.260. The Kier molecular flexibility index (Phi) is 8.07. The third-order valence-corrected chi connectivity index (χ3v) is 7.91. The van der Waals surface area contributed by atoms with Crippen molar-refractivity contribution in [3.05, 3.63) is 0 Å². The van der Waals surface area contributed by atoms with Gasteiger partial charge in [0.1, 0.15) is 11.6 Å². The first-order chi connectivity index (χ1) is 9.95. The second-order valence-corrected chi connectivity index (χ2v) is 8.97. The predicted molar refractivity (Wildman–Crippen MR) is 81.7 cm³/mol. The standard InChI is InChI=1S/C12H27NO6P2/c1-5-16-20(14,17-6-2)11-9-10-12(13-11)21(15,18-7-3)19-8-4/h11-13H,5-10H2,1-4H3/t11-,12-/m1/s1. The molecule has 0 aromatic heterocycles. The molecule has 1 aliphatic rings. The molecule has 9 heteroatoms. The molecule has 0 amide bonds. The van der Waals surface area contributed by atoms with E-state index in [2.05, 4.69) is 5.32 Å². The minimum atomic E-state index is -3.26. The minimum absolute atomic E-state index is 0.300. The SMILES string of the molecule is CCOP(=O)(OCC)[C@@H]1CC[C@@H](P(=O)(OCC)OCC)N1. The Morgan fingerprint density at radius 2 is 1.05 bits per heavy atom. The predicted octanol–water partition coefficient (Wildman–Crippen LogP) is 3.55. The highest BCUT2D eigenvalue weighted by atomic mass is 31.2. The minimum Gasteiger partial charge on any atom is -0.308 e. The average Bonchev–Trinajstić information content (AvgIpc) is 2.90. The molecular weight excluding hydrogens is 316 g/mol. The van der Waals surface area contributed by atoms with Gasteiger partial charge in [0, 0.05) is 0 Å². The summed E-state index contributed by atoms with van der Waals surface area (Å²) in [5.74, 6) is -0.951. The van der Waals surface area contributed by atoms with Crippen LogP contribution in [0.1, 0.15) is 40.5 Å². The van der Waals surface area contributed by atoms with Crippen LogP contribution in [0.2, 0.25) is 0 Å². The van der Waals surface area contributed by atoms with Crippen LogP contribution in [0.15, 0.2) is 0 Å². The summed E-state index contributed by atoms with van der Waals surface area (Å²) < 4.78 is 46.8. The molecule has 1 N–H and O–H groups in total. The zero-order chi connectivity index (χ0) is 15.9. The lowest BCUT2D eigenvalue weighted by Gasteiger charge is -2.26. The summed E-state index contributed by atoms with van der Waals surface area (Å²) >= 11 is 0. The molecule has 1 fully saturated rings. The first-order valence-electron chi connectivity index (χ1n) is 7.49. The van der Waals surface area contributed by atoms with E-state index in [-0.39, 0.29) is 0 Å². The molecule has 0 saturated carbocycles. The number of hydrogen-bond acceptors (Lipinski definition) is 7. The molecule has 1 heterocycles. The van der Waals surface area contributed by atoms with Gasteiger partial charge in [0.2, 0.25) is 0 Å². The van der Waals surface area contributed by atoms with Crippen LogP contribution in [0.3, 0.4) is 0 Å². The number of hydrogen-bond donors (Lipinski definition) is 1. The zero-order valence-corrected chi connectivity index (χ0v) is 15.0. The van der Waals surface area contributed by atoms with Crippen LogP contribution in [0.5, 0.6) is 0 Å². The molecule has 2 atom stereocenters. The highest BCUT2D eigenvalue weighted by Gasteiger charge is 2.47. The van der Waals surface area contributed by atoms with Gasteiger partial charge in [-0.1, -0.05) is 0 Å². The Labute approximate surface area is 127 Å². The summed E-state index contributed by atoms with van der Waals surface area (Å²) in [5, 5.41) is 3.09. The van der Waals surface area contributed by atoms with Crippen molar-refractivity contribution in [2.24, 2.45) is 0 Å². The lowest BCUT2D eigenvalue weighted by Crippen LogP contribution is -2.31. The molecule has 126 valence electrons. The fourth-order valence-electron chi connectivity index (χ4n) is 2.36. The van der Waals surface area contributed by atoms with Crippen molar-refractivity contribution >= 4 is 15.2 Å². The van der Waals surface area contributed by atoms with Crippen molar-refractivity contribution in [1.82, 2.24) is 5.32 Å². The lowest BCUT2D eigenvalue weighted by atomic mass is 10.4. The Balaban J connectivity index is 2.81. The first-order valence-corrected chi connectivity index (χ1v) is 10.7. The van der Waals surface area contributed by atoms with Gasteiger partial charge in [0.25, 0.3) is 0 Å². The van der Waals surface area contributed by atoms with Gasteiger partial charge in [-0.05, 0) is 40.5 Å². The van der Waals surface area contributed by atoms with Crippen LogP contribution in [0.25, 0.3) is 0 Å². The van der Waals surface area contributed by atoms with E-state index >= 15 is 0 Å². The molecule has 1 aliphatic heterocycles. The van der Waals surface area contributed by atoms with E-state index in [0.29, 0.717) is 39.3 Å². The normalized spacial score (nSPS) is 23.6. The van der Waals surface area contributed by atoms with Gasteiger partial charge in [0.05, 0.1) is 26.4 Å². The van der Waals surface area contributed by atoms with Crippen molar-refractivity contribution in [3.63, 3.8) is 0 Å². The number of nitrogens with one attached hydrogen (secondary N) is 1. The second-order valence-electron chi connectivity index (χ2n) is 4.53. The maximum atomic E-state index is 12.7. The van der Waals surface area contributed by atoms with Crippen LogP contribution >= 0.6 is 15.2 Å². The highest BCUT2D eigenvalue weighted by molar-refractivity contribution is 7.55. The molecule has 1 saturated heterocycles. The first kappa shape index (κ1) is 19.3. The van der Waals surface area contributed by atoms with Gasteiger partial charge in [0.15, 0.2) is 0 Å². The second kappa shape index (κ2) is 8.78. The van der Waals surface area contributed by atoms with Gasteiger partial charge < -0.3 is 18.1 Å². The molecule has 7 nitrogen and oxygen atoms in total. The molecule has 0 aromatic rings. The molecule has 0 aromatic carbocycles. The van der Waals surface area contributed by atoms with Crippen LogP contribution in [0.4, 0.5) is 0 Å². The summed E-state index contributed by atoms with van der Waals surface area (Å²) in [4.78, 5) is 0. The fourth-order valence-corrected chi connectivity index (χ4v) is 6.44. The molecule has 0 radical (unpaired) electrons. The molecule has 1 rings (SSSR count). The smallest absolute Gasteiger partial charge is 0.308 e. The van der Waals surface area contributed by atoms with Gasteiger partial charge in [-0.3, -0.25) is 14.4 Å². The van der Waals surface area contributed by atoms with Crippen molar-refractivity contribution in [1.29, 1.82) is 0 Å². The molecule has 21 heavy (non-hydrogen) atoms. The van der Waals surface area contributed by atoms with Crippen LogP contribution < -0.4 is 5.32 Å². The lowest BCUT2D eigenvalue weighted by molar-refractivity contribution is 0.204. The van der Waals surface area contributed by atoms with Gasteiger partial charge in [-0.15, -0.1) is 0 Å². The molecule has 0 bridgehead atoms. The topological polar surface area (TPSA) is 83.1 Å². The summed E-state index contributed by atoms with van der Waals surface area (Å²) in [5.41, 5.74) is 0. The zero-order valence-electron chi connectivity index (χ0n) is 13.2. The van der Waals surface area contributed by atoms with Crippen molar-refractivity contribution in [3.8, 4) is 0 Å². The monoisotopic (exact) mass is 343 g/mol. The molecule has 0 unspecified atom stereocenters. The summed E-state index contributed by atoms with van der Waals surface area (Å²) in [7, 11) is -6.51. The Bertz CT molecular complexity index is 349. The van der Waals surface area contributed by atoms with E-state index in [4.69, 9.17) is 18.1 Å². The average molecular weight is 343 g/mol. The highest BCUT2D eigenvalue weighted by Crippen LogP contribution is 2.61. The maximum Gasteiger partial charge on any atom is 0.347 e. The van der Waals surface area contributed by atoms with Crippen LogP contribution in [-0.4, -0.2) is 38.0 Å². The van der Waals surface area contributed by atoms with Crippen LogP contribution in [0, 0.1) is 0 Å². The third-order valence-electron chi connectivity index (χ3n) is 3.10. The van der Waals surface area contributed by atoms with E-state index in [1.54, 1.807) is 27.7 Å². The summed E-state index contributed by atoms with van der Waals surface area (Å²) in [6.07, 6.45) is 1.10. The molecular formula is C12H27NO6P2. The van der Waals surface area contributed by atoms with E-state index in [1.807, 2.05) is 0 Å². The largest absolute Gasteiger partial charge is 0.347 e. The van der Waals surface area contributed by atoms with E-state index in [1.165, 1.54) is 0 Å².